The lowest BCUT2D eigenvalue weighted by Crippen LogP contribution is -2.34. The largest absolute Gasteiger partial charge is 0.507 e. The summed E-state index contributed by atoms with van der Waals surface area (Å²) in [5.41, 5.74) is 1.37. The van der Waals surface area contributed by atoms with Gasteiger partial charge in [0.25, 0.3) is 0 Å². The predicted molar refractivity (Wildman–Crippen MR) is 118 cm³/mol. The number of fused-ring (bicyclic) bond motifs is 2. The van der Waals surface area contributed by atoms with Gasteiger partial charge in [-0.05, 0) is 43.5 Å². The third-order valence-corrected chi connectivity index (χ3v) is 10.3. The monoisotopic (exact) mass is 419 g/mol. The smallest absolute Gasteiger partial charge is 0.235 e. The maximum absolute atomic E-state index is 10.7. The standard InChI is InChI=1S/C22H30N2O2S2/c1-23-15-7-3-5-9-17(15)27-19(23)11-13-21(25)14(22(13)26)12-20-24(2)16-8-4-6-10-18(16)28-20/h11-12,15-18,21,25H,3-10H2,1-2H3/p+1. The summed E-state index contributed by atoms with van der Waals surface area (Å²) >= 11 is 3.85. The molecule has 28 heavy (non-hydrogen) atoms. The van der Waals surface area contributed by atoms with Gasteiger partial charge in [0.05, 0.1) is 10.3 Å². The van der Waals surface area contributed by atoms with E-state index in [1.165, 1.54) is 61.4 Å². The maximum atomic E-state index is 10.7. The molecule has 4 nitrogen and oxygen atoms in total. The normalized spacial score (nSPS) is 41.0. The fraction of sp³-hybridized carbons (Fsp3) is 0.682. The lowest BCUT2D eigenvalue weighted by atomic mass is 9.86. The first-order chi connectivity index (χ1) is 13.5. The summed E-state index contributed by atoms with van der Waals surface area (Å²) in [6.45, 7) is 0. The van der Waals surface area contributed by atoms with Crippen LogP contribution in [0, 0.1) is 0 Å². The average Bonchev–Trinajstić information content (AvgIpc) is 3.21. The highest BCUT2D eigenvalue weighted by Gasteiger charge is 2.43. The fourth-order valence-electron chi connectivity index (χ4n) is 5.47. The van der Waals surface area contributed by atoms with Gasteiger partial charge in [0.2, 0.25) is 5.04 Å². The van der Waals surface area contributed by atoms with E-state index in [0.29, 0.717) is 33.7 Å². The number of rotatable bonds is 2. The zero-order valence-corrected chi connectivity index (χ0v) is 18.4. The van der Waals surface area contributed by atoms with Crippen LogP contribution >= 0.6 is 23.5 Å². The Hall–Kier alpha value is -0.850. The minimum Gasteiger partial charge on any atom is -0.507 e. The molecule has 3 aliphatic carbocycles. The molecule has 2 saturated carbocycles. The molecule has 5 aliphatic rings. The van der Waals surface area contributed by atoms with Gasteiger partial charge in [-0.1, -0.05) is 19.3 Å². The molecule has 5 atom stereocenters. The lowest BCUT2D eigenvalue weighted by molar-refractivity contribution is -0.533. The van der Waals surface area contributed by atoms with E-state index in [1.807, 2.05) is 35.7 Å². The van der Waals surface area contributed by atoms with Crippen molar-refractivity contribution in [2.75, 3.05) is 14.1 Å². The van der Waals surface area contributed by atoms with Crippen LogP contribution in [-0.2, 0) is 0 Å². The zero-order valence-electron chi connectivity index (χ0n) is 16.8. The van der Waals surface area contributed by atoms with Crippen LogP contribution in [0.25, 0.3) is 0 Å². The molecule has 5 rings (SSSR count). The molecule has 2 heterocycles. The fourth-order valence-corrected chi connectivity index (χ4v) is 8.60. The highest BCUT2D eigenvalue weighted by atomic mass is 32.2. The van der Waals surface area contributed by atoms with Gasteiger partial charge in [-0.3, -0.25) is 0 Å². The Morgan fingerprint density at radius 3 is 2.43 bits per heavy atom. The maximum Gasteiger partial charge on any atom is 0.235 e. The molecule has 0 aromatic heterocycles. The van der Waals surface area contributed by atoms with Crippen LogP contribution in [0.2, 0.25) is 0 Å². The van der Waals surface area contributed by atoms with Crippen LogP contribution in [0.4, 0.5) is 0 Å². The SMILES string of the molecule is CN1C(=CC2=C(O)C(=CC3=[N+](C)C4CCCCC4S3)C2O)SC2CCCCC21. The first-order valence-corrected chi connectivity index (χ1v) is 12.5. The second-order valence-corrected chi connectivity index (χ2v) is 11.4. The molecule has 0 spiro atoms. The van der Waals surface area contributed by atoms with E-state index in [-0.39, 0.29) is 5.76 Å². The Morgan fingerprint density at radius 2 is 1.71 bits per heavy atom. The van der Waals surface area contributed by atoms with Crippen LogP contribution in [0.1, 0.15) is 51.4 Å². The first-order valence-electron chi connectivity index (χ1n) is 10.8. The summed E-state index contributed by atoms with van der Waals surface area (Å²) in [5, 5.41) is 25.2. The number of thioether (sulfide) groups is 2. The van der Waals surface area contributed by atoms with Gasteiger partial charge in [0.15, 0.2) is 6.04 Å². The van der Waals surface area contributed by atoms with Gasteiger partial charge in [-0.2, -0.15) is 0 Å². The number of hydrogen-bond acceptors (Lipinski definition) is 5. The number of aliphatic hydroxyl groups is 2. The van der Waals surface area contributed by atoms with E-state index in [9.17, 15) is 10.2 Å². The van der Waals surface area contributed by atoms with Gasteiger partial charge in [-0.15, -0.1) is 11.8 Å². The van der Waals surface area contributed by atoms with Crippen LogP contribution < -0.4 is 0 Å². The number of hydrogen-bond donors (Lipinski definition) is 2. The molecule has 2 aliphatic heterocycles. The van der Waals surface area contributed by atoms with E-state index < -0.39 is 6.10 Å². The molecular formula is C22H31N2O2S2+. The molecule has 3 fully saturated rings. The Morgan fingerprint density at radius 1 is 1.00 bits per heavy atom. The van der Waals surface area contributed by atoms with Crippen molar-refractivity contribution in [3.05, 3.63) is 34.1 Å². The lowest BCUT2D eigenvalue weighted by Gasteiger charge is -2.30. The molecule has 152 valence electrons. The summed E-state index contributed by atoms with van der Waals surface area (Å²) in [5.74, 6) is 0.278. The summed E-state index contributed by atoms with van der Waals surface area (Å²) in [7, 11) is 4.33. The third kappa shape index (κ3) is 3.07. The molecule has 0 aromatic carbocycles. The van der Waals surface area contributed by atoms with Crippen molar-refractivity contribution in [2.45, 2.75) is 80.1 Å². The van der Waals surface area contributed by atoms with E-state index >= 15 is 0 Å². The Balaban J connectivity index is 1.37. The van der Waals surface area contributed by atoms with E-state index in [1.54, 1.807) is 0 Å². The molecule has 0 aromatic rings. The van der Waals surface area contributed by atoms with Gasteiger partial charge in [0.1, 0.15) is 18.9 Å². The molecule has 5 unspecified atom stereocenters. The van der Waals surface area contributed by atoms with Crippen molar-refractivity contribution >= 4 is 28.6 Å². The molecule has 6 heteroatoms. The van der Waals surface area contributed by atoms with Crippen molar-refractivity contribution in [3.63, 3.8) is 0 Å². The van der Waals surface area contributed by atoms with Crippen molar-refractivity contribution < 1.29 is 14.8 Å². The summed E-state index contributed by atoms with van der Waals surface area (Å²) < 4.78 is 2.36. The quantitative estimate of drug-likeness (QED) is 0.662. The van der Waals surface area contributed by atoms with E-state index in [0.717, 1.165) is 0 Å². The molecular weight excluding hydrogens is 388 g/mol. The van der Waals surface area contributed by atoms with Gasteiger partial charge >= 0.3 is 0 Å². The van der Waals surface area contributed by atoms with Crippen molar-refractivity contribution in [3.8, 4) is 0 Å². The summed E-state index contributed by atoms with van der Waals surface area (Å²) in [4.78, 5) is 2.36. The van der Waals surface area contributed by atoms with Crippen LogP contribution in [0.15, 0.2) is 34.1 Å². The van der Waals surface area contributed by atoms with Crippen LogP contribution in [0.5, 0.6) is 0 Å². The minimum atomic E-state index is -0.673. The molecule has 0 amide bonds. The number of aliphatic hydroxyl groups excluding tert-OH is 2. The summed E-state index contributed by atoms with van der Waals surface area (Å²) in [6, 6.07) is 1.23. The second-order valence-electron chi connectivity index (χ2n) is 8.87. The Labute approximate surface area is 176 Å². The van der Waals surface area contributed by atoms with Crippen molar-refractivity contribution in [1.82, 2.24) is 4.90 Å². The Bertz CT molecular complexity index is 800. The average molecular weight is 420 g/mol. The molecule has 2 N–H and O–H groups in total. The van der Waals surface area contributed by atoms with Gasteiger partial charge in [0, 0.05) is 42.0 Å². The van der Waals surface area contributed by atoms with Crippen molar-refractivity contribution in [2.24, 2.45) is 0 Å². The molecule has 1 saturated heterocycles. The Kier molecular flexibility index (Phi) is 5.08. The zero-order chi connectivity index (χ0) is 19.4. The van der Waals surface area contributed by atoms with Crippen LogP contribution in [0.3, 0.4) is 0 Å². The highest BCUT2D eigenvalue weighted by Crippen LogP contribution is 2.47. The highest BCUT2D eigenvalue weighted by molar-refractivity contribution is 8.14. The molecule has 0 radical (unpaired) electrons. The van der Waals surface area contributed by atoms with Gasteiger partial charge < -0.3 is 15.1 Å². The topological polar surface area (TPSA) is 46.7 Å². The summed E-state index contributed by atoms with van der Waals surface area (Å²) in [6.07, 6.45) is 13.7. The molecule has 0 bridgehead atoms. The first kappa shape index (κ1) is 19.1. The van der Waals surface area contributed by atoms with E-state index in [2.05, 4.69) is 23.6 Å². The number of nitrogens with zero attached hydrogens (tertiary/aromatic N) is 2. The minimum absolute atomic E-state index is 0.278. The van der Waals surface area contributed by atoms with Crippen molar-refractivity contribution in [1.29, 1.82) is 0 Å². The van der Waals surface area contributed by atoms with Gasteiger partial charge in [-0.25, -0.2) is 4.58 Å². The van der Waals surface area contributed by atoms with E-state index in [4.69, 9.17) is 0 Å². The predicted octanol–water partition coefficient (Wildman–Crippen LogP) is 4.03. The third-order valence-electron chi connectivity index (χ3n) is 7.26. The second kappa shape index (κ2) is 7.44. The van der Waals surface area contributed by atoms with Crippen LogP contribution in [-0.4, -0.2) is 67.5 Å².